The number of hydrogen-bond donors (Lipinski definition) is 5. The fourth-order valence-electron chi connectivity index (χ4n) is 7.33. The maximum atomic E-state index is 14.3. The molecule has 5 atom stereocenters. The second kappa shape index (κ2) is 15.8. The van der Waals surface area contributed by atoms with E-state index in [1.54, 1.807) is 13.1 Å². The van der Waals surface area contributed by atoms with Gasteiger partial charge in [0.05, 0.1) is 18.7 Å². The van der Waals surface area contributed by atoms with E-state index in [4.69, 9.17) is 0 Å². The number of nitrogens with one attached hydrogen (secondary N) is 4. The normalized spacial score (nSPS) is 23.3. The third kappa shape index (κ3) is 8.51. The molecule has 0 radical (unpaired) electrons. The van der Waals surface area contributed by atoms with Crippen molar-refractivity contribution in [3.63, 3.8) is 0 Å². The number of amides is 5. The van der Waals surface area contributed by atoms with Gasteiger partial charge in [-0.2, -0.15) is 0 Å². The Hall–Kier alpha value is -5.49. The van der Waals surface area contributed by atoms with Crippen molar-refractivity contribution in [1.82, 2.24) is 30.7 Å². The van der Waals surface area contributed by atoms with Crippen molar-refractivity contribution in [1.29, 1.82) is 0 Å². The molecule has 2 fully saturated rings. The Morgan fingerprint density at radius 3 is 2.33 bits per heavy atom. The quantitative estimate of drug-likeness (QED) is 0.207. The Bertz CT molecular complexity index is 1940. The molecule has 3 aromatic carbocycles. The molecule has 2 aliphatic rings. The summed E-state index contributed by atoms with van der Waals surface area (Å²) >= 11 is 0. The first-order valence-electron chi connectivity index (χ1n) is 17.8. The van der Waals surface area contributed by atoms with Crippen molar-refractivity contribution < 1.29 is 29.1 Å². The van der Waals surface area contributed by atoms with Crippen molar-refractivity contribution in [3.05, 3.63) is 107 Å². The summed E-state index contributed by atoms with van der Waals surface area (Å²) in [6, 6.07) is 19.0. The molecule has 0 spiro atoms. The number of hydrogen-bond acceptors (Lipinski definition) is 6. The summed E-state index contributed by atoms with van der Waals surface area (Å²) in [6.07, 6.45) is 1.46. The average molecular weight is 707 g/mol. The number of H-pyrrole nitrogens is 1. The predicted molar refractivity (Wildman–Crippen MR) is 196 cm³/mol. The number of aliphatic hydroxyl groups is 1. The molecule has 5 N–H and O–H groups in total. The van der Waals surface area contributed by atoms with Crippen LogP contribution in [0.1, 0.15) is 53.6 Å². The van der Waals surface area contributed by atoms with Crippen LogP contribution in [0.15, 0.2) is 79.0 Å². The molecule has 4 aromatic rings. The van der Waals surface area contributed by atoms with Gasteiger partial charge in [-0.25, -0.2) is 0 Å². The number of aromatic nitrogens is 1. The zero-order valence-corrected chi connectivity index (χ0v) is 29.7. The fourth-order valence-corrected chi connectivity index (χ4v) is 7.33. The largest absolute Gasteiger partial charge is 0.391 e. The summed E-state index contributed by atoms with van der Waals surface area (Å²) in [4.78, 5) is 75.6. The van der Waals surface area contributed by atoms with E-state index >= 15 is 0 Å². The monoisotopic (exact) mass is 706 g/mol. The predicted octanol–water partition coefficient (Wildman–Crippen LogP) is 2.61. The third-order valence-corrected chi connectivity index (χ3v) is 9.87. The van der Waals surface area contributed by atoms with Gasteiger partial charge in [-0.05, 0) is 49.9 Å². The topological polar surface area (TPSA) is 164 Å². The van der Waals surface area contributed by atoms with E-state index in [9.17, 15) is 29.1 Å². The summed E-state index contributed by atoms with van der Waals surface area (Å²) in [5.41, 5.74) is 5.52. The molecular weight excluding hydrogens is 660 g/mol. The van der Waals surface area contributed by atoms with Gasteiger partial charge in [-0.3, -0.25) is 24.0 Å². The van der Waals surface area contributed by atoms with E-state index in [1.165, 1.54) is 9.80 Å². The third-order valence-electron chi connectivity index (χ3n) is 9.87. The second-order valence-electron chi connectivity index (χ2n) is 14.1. The number of para-hydroxylation sites is 1. The summed E-state index contributed by atoms with van der Waals surface area (Å²) in [5.74, 6) is -2.49. The minimum Gasteiger partial charge on any atom is -0.391 e. The summed E-state index contributed by atoms with van der Waals surface area (Å²) in [5, 5.41) is 20.1. The Morgan fingerprint density at radius 1 is 0.865 bits per heavy atom. The lowest BCUT2D eigenvalue weighted by molar-refractivity contribution is -0.142. The first-order valence-corrected chi connectivity index (χ1v) is 17.8. The van der Waals surface area contributed by atoms with Crippen LogP contribution >= 0.6 is 0 Å². The molecule has 2 aliphatic heterocycles. The highest BCUT2D eigenvalue weighted by Crippen LogP contribution is 2.24. The second-order valence-corrected chi connectivity index (χ2v) is 14.1. The number of aromatic amines is 1. The molecular formula is C40H46N6O6. The SMILES string of the molecule is Cc1cc(C)cc(CCC(=O)N2CC(=O)N[C@H](Cc3c[nH]c4ccccc34)C(=O)N3C[C@H](O)C[C@H]3C(=O)N[C@@H](C)C(=O)N[C@H](c3ccccc3)C2)c1. The van der Waals surface area contributed by atoms with E-state index in [2.05, 4.69) is 27.0 Å². The van der Waals surface area contributed by atoms with Crippen LogP contribution in [-0.2, 0) is 36.8 Å². The first kappa shape index (κ1) is 36.3. The maximum Gasteiger partial charge on any atom is 0.246 e. The number of aliphatic hydroxyl groups excluding tert-OH is 1. The lowest BCUT2D eigenvalue weighted by Gasteiger charge is -2.30. The van der Waals surface area contributed by atoms with Gasteiger partial charge in [0, 0.05) is 49.5 Å². The maximum absolute atomic E-state index is 14.3. The standard InChI is InChI=1S/C40H46N6O6/c1-24-15-25(2)17-27(16-24)13-14-37(49)45-22-34(28-9-5-4-6-10-28)44-38(50)26(3)42-39(51)35-19-30(47)21-46(35)40(52)33(43-36(48)23-45)18-29-20-41-32-12-8-7-11-31(29)32/h4-12,15-17,20,26,30,33-35,41,47H,13-14,18-19,21-23H2,1-3H3,(H,42,51)(H,43,48)(H,44,50)/t26-,30+,33+,34-,35-/m0/s1. The number of nitrogens with zero attached hydrogens (tertiary/aromatic N) is 2. The number of benzene rings is 3. The van der Waals surface area contributed by atoms with Crippen LogP contribution in [0.5, 0.6) is 0 Å². The van der Waals surface area contributed by atoms with Gasteiger partial charge in [0.15, 0.2) is 0 Å². The van der Waals surface area contributed by atoms with Crippen molar-refractivity contribution >= 4 is 40.4 Å². The minimum absolute atomic E-state index is 0.0188. The highest BCUT2D eigenvalue weighted by atomic mass is 16.3. The van der Waals surface area contributed by atoms with Crippen molar-refractivity contribution in [3.8, 4) is 0 Å². The molecule has 0 unspecified atom stereocenters. The molecule has 272 valence electrons. The molecule has 1 aromatic heterocycles. The molecule has 0 bridgehead atoms. The minimum atomic E-state index is -1.12. The van der Waals surface area contributed by atoms with Gasteiger partial charge in [0.25, 0.3) is 0 Å². The highest BCUT2D eigenvalue weighted by Gasteiger charge is 2.42. The smallest absolute Gasteiger partial charge is 0.246 e. The lowest BCUT2D eigenvalue weighted by atomic mass is 10.0. The van der Waals surface area contributed by atoms with Gasteiger partial charge < -0.3 is 35.8 Å². The molecule has 12 nitrogen and oxygen atoms in total. The Kier molecular flexibility index (Phi) is 11.0. The lowest BCUT2D eigenvalue weighted by Crippen LogP contribution is -2.56. The summed E-state index contributed by atoms with van der Waals surface area (Å²) in [6.45, 7) is 5.03. The summed E-state index contributed by atoms with van der Waals surface area (Å²) in [7, 11) is 0. The van der Waals surface area contributed by atoms with Gasteiger partial charge >= 0.3 is 0 Å². The number of carbonyl (C=O) groups is 5. The van der Waals surface area contributed by atoms with Gasteiger partial charge in [0.2, 0.25) is 29.5 Å². The van der Waals surface area contributed by atoms with Crippen LogP contribution in [0.2, 0.25) is 0 Å². The number of rotatable bonds is 6. The molecule has 0 aliphatic carbocycles. The highest BCUT2D eigenvalue weighted by molar-refractivity contribution is 5.96. The Morgan fingerprint density at radius 2 is 1.58 bits per heavy atom. The van der Waals surface area contributed by atoms with Crippen molar-refractivity contribution in [2.45, 2.75) is 76.7 Å². The number of aryl methyl sites for hydroxylation is 3. The fraction of sp³-hybridized carbons (Fsp3) is 0.375. The zero-order valence-electron chi connectivity index (χ0n) is 29.7. The van der Waals surface area contributed by atoms with Crippen LogP contribution in [0, 0.1) is 13.8 Å². The zero-order chi connectivity index (χ0) is 36.9. The molecule has 12 heteroatoms. The molecule has 3 heterocycles. The number of fused-ring (bicyclic) bond motifs is 2. The van der Waals surface area contributed by atoms with Crippen LogP contribution in [0.4, 0.5) is 0 Å². The van der Waals surface area contributed by atoms with Crippen LogP contribution < -0.4 is 16.0 Å². The van der Waals surface area contributed by atoms with E-state index < -0.39 is 53.9 Å². The van der Waals surface area contributed by atoms with Gasteiger partial charge in [0.1, 0.15) is 18.1 Å². The van der Waals surface area contributed by atoms with Crippen LogP contribution in [0.3, 0.4) is 0 Å². The van der Waals surface area contributed by atoms with E-state index in [1.807, 2.05) is 80.6 Å². The van der Waals surface area contributed by atoms with Crippen molar-refractivity contribution in [2.75, 3.05) is 19.6 Å². The van der Waals surface area contributed by atoms with Gasteiger partial charge in [-0.15, -0.1) is 0 Å². The summed E-state index contributed by atoms with van der Waals surface area (Å²) < 4.78 is 0. The number of carbonyl (C=O) groups excluding carboxylic acids is 5. The van der Waals surface area contributed by atoms with E-state index in [0.29, 0.717) is 12.0 Å². The van der Waals surface area contributed by atoms with Crippen molar-refractivity contribution in [2.24, 2.45) is 0 Å². The molecule has 52 heavy (non-hydrogen) atoms. The molecule has 6 rings (SSSR count). The average Bonchev–Trinajstić information content (AvgIpc) is 3.72. The first-order chi connectivity index (χ1) is 24.9. The molecule has 2 saturated heterocycles. The van der Waals surface area contributed by atoms with Crippen LogP contribution in [0.25, 0.3) is 10.9 Å². The molecule has 0 saturated carbocycles. The van der Waals surface area contributed by atoms with Crippen LogP contribution in [-0.4, -0.2) is 93.3 Å². The van der Waals surface area contributed by atoms with Gasteiger partial charge in [-0.1, -0.05) is 77.9 Å². The van der Waals surface area contributed by atoms with E-state index in [-0.39, 0.29) is 44.8 Å². The Labute approximate surface area is 302 Å². The molecule has 5 amide bonds. The van der Waals surface area contributed by atoms with E-state index in [0.717, 1.165) is 33.2 Å². The Balaban J connectivity index is 1.35.